The predicted molar refractivity (Wildman–Crippen MR) is 138 cm³/mol. The van der Waals surface area contributed by atoms with Gasteiger partial charge in [-0.3, -0.25) is 4.79 Å². The van der Waals surface area contributed by atoms with Crippen LogP contribution in [0.3, 0.4) is 0 Å². The molecule has 4 rings (SSSR count). The highest BCUT2D eigenvalue weighted by Gasteiger charge is 2.36. The first-order valence-corrected chi connectivity index (χ1v) is 12.3. The summed E-state index contributed by atoms with van der Waals surface area (Å²) in [6.45, 7) is 14.2. The Balaban J connectivity index is 1.68. The molecule has 168 valence electrons. The lowest BCUT2D eigenvalue weighted by Crippen LogP contribution is -2.48. The van der Waals surface area contributed by atoms with Crippen LogP contribution in [0.1, 0.15) is 62.3 Å². The van der Waals surface area contributed by atoms with Crippen LogP contribution in [0.4, 0.5) is 11.4 Å². The summed E-state index contributed by atoms with van der Waals surface area (Å²) in [6.07, 6.45) is 3.10. The van der Waals surface area contributed by atoms with Crippen LogP contribution in [0, 0.1) is 13.8 Å². The summed E-state index contributed by atoms with van der Waals surface area (Å²) >= 11 is 7.58. The number of hydrogen-bond acceptors (Lipinski definition) is 4. The molecule has 1 fully saturated rings. The number of nitrogens with one attached hydrogen (secondary N) is 1. The number of amides is 1. The summed E-state index contributed by atoms with van der Waals surface area (Å²) in [5, 5.41) is 4.14. The van der Waals surface area contributed by atoms with E-state index in [1.54, 1.807) is 0 Å². The van der Waals surface area contributed by atoms with Crippen LogP contribution in [0.2, 0.25) is 5.02 Å². The number of rotatable bonds is 3. The summed E-state index contributed by atoms with van der Waals surface area (Å²) in [7, 11) is 0. The molecule has 2 heterocycles. The second-order valence-electron chi connectivity index (χ2n) is 9.30. The maximum absolute atomic E-state index is 12.7. The summed E-state index contributed by atoms with van der Waals surface area (Å²) in [4.78, 5) is 20.4. The average Bonchev–Trinajstić information content (AvgIpc) is 3.05. The number of amidine groups is 1. The highest BCUT2D eigenvalue weighted by atomic mass is 35.5. The molecule has 1 amide bonds. The Hall–Kier alpha value is -2.24. The molecule has 4 nitrogen and oxygen atoms in total. The Bertz CT molecular complexity index is 1150. The van der Waals surface area contributed by atoms with Crippen LogP contribution < -0.4 is 10.2 Å². The fourth-order valence-electron chi connectivity index (χ4n) is 4.85. The summed E-state index contributed by atoms with van der Waals surface area (Å²) < 4.78 is 0. The van der Waals surface area contributed by atoms with Crippen LogP contribution in [-0.2, 0) is 4.79 Å². The fourth-order valence-corrected chi connectivity index (χ4v) is 5.85. The first-order valence-electron chi connectivity index (χ1n) is 11.1. The van der Waals surface area contributed by atoms with Gasteiger partial charge >= 0.3 is 0 Å². The third kappa shape index (κ3) is 4.20. The van der Waals surface area contributed by atoms with Gasteiger partial charge in [-0.1, -0.05) is 24.6 Å². The van der Waals surface area contributed by atoms with Gasteiger partial charge in [-0.25, -0.2) is 4.99 Å². The van der Waals surface area contributed by atoms with Gasteiger partial charge in [0.1, 0.15) is 0 Å². The highest BCUT2D eigenvalue weighted by molar-refractivity contribution is 8.18. The summed E-state index contributed by atoms with van der Waals surface area (Å²) in [5.74, 6) is 0.350. The number of aliphatic imine (C=N–C) groups is 1. The largest absolute Gasteiger partial charge is 0.366 e. The fraction of sp³-hybridized carbons (Fsp3) is 0.385. The van der Waals surface area contributed by atoms with E-state index in [4.69, 9.17) is 11.6 Å². The van der Waals surface area contributed by atoms with Crippen LogP contribution in [0.15, 0.2) is 40.2 Å². The summed E-state index contributed by atoms with van der Waals surface area (Å²) in [6, 6.07) is 10.2. The van der Waals surface area contributed by atoms with E-state index in [0.717, 1.165) is 29.8 Å². The third-order valence-electron chi connectivity index (χ3n) is 6.49. The van der Waals surface area contributed by atoms with Crippen LogP contribution in [0.25, 0.3) is 6.08 Å². The summed E-state index contributed by atoms with van der Waals surface area (Å²) in [5.41, 5.74) is 6.74. The van der Waals surface area contributed by atoms with Gasteiger partial charge in [-0.2, -0.15) is 0 Å². The number of carbonyl (C=O) groups excluding carboxylic acids is 1. The molecule has 1 saturated heterocycles. The molecule has 2 aromatic carbocycles. The number of anilines is 1. The molecule has 1 unspecified atom stereocenters. The molecule has 2 aliphatic heterocycles. The van der Waals surface area contributed by atoms with Crippen LogP contribution >= 0.6 is 23.4 Å². The van der Waals surface area contributed by atoms with Crippen molar-refractivity contribution in [3.63, 3.8) is 0 Å². The number of halogens is 1. The Morgan fingerprint density at radius 3 is 2.78 bits per heavy atom. The first-order chi connectivity index (χ1) is 15.1. The Morgan fingerprint density at radius 1 is 1.31 bits per heavy atom. The number of thioether (sulfide) groups is 1. The van der Waals surface area contributed by atoms with Crippen LogP contribution in [0.5, 0.6) is 0 Å². The van der Waals surface area contributed by atoms with E-state index >= 15 is 0 Å². The Labute approximate surface area is 200 Å². The van der Waals surface area contributed by atoms with Gasteiger partial charge in [0.15, 0.2) is 5.17 Å². The Kier molecular flexibility index (Phi) is 6.17. The lowest BCUT2D eigenvalue weighted by atomic mass is 9.79. The molecule has 32 heavy (non-hydrogen) atoms. The van der Waals surface area contributed by atoms with E-state index in [-0.39, 0.29) is 11.4 Å². The Morgan fingerprint density at radius 2 is 2.06 bits per heavy atom. The van der Waals surface area contributed by atoms with E-state index in [1.165, 1.54) is 28.6 Å². The molecule has 0 spiro atoms. The van der Waals surface area contributed by atoms with E-state index in [2.05, 4.69) is 62.0 Å². The maximum atomic E-state index is 12.7. The zero-order valence-corrected chi connectivity index (χ0v) is 21.1. The van der Waals surface area contributed by atoms with E-state index in [9.17, 15) is 4.79 Å². The number of hydrogen-bond donors (Lipinski definition) is 1. The molecule has 0 radical (unpaired) electrons. The number of aryl methyl sites for hydroxylation is 1. The van der Waals surface area contributed by atoms with Crippen molar-refractivity contribution in [3.05, 3.63) is 62.5 Å². The second kappa shape index (κ2) is 8.60. The maximum Gasteiger partial charge on any atom is 0.264 e. The lowest BCUT2D eigenvalue weighted by Gasteiger charge is -2.47. The topological polar surface area (TPSA) is 44.7 Å². The molecule has 0 bridgehead atoms. The molecule has 6 heteroatoms. The van der Waals surface area contributed by atoms with E-state index < -0.39 is 0 Å². The standard InChI is InChI=1S/C26H30ClN3OS/c1-7-30-22-11-15(2)18(12-19(22)16(3)14-26(30,5)6)13-23-24(31)29-25(32-23)28-21-10-8-9-20(27)17(21)4/h8-13,16H,7,14H2,1-6H3,(H,28,29,31)/b23-13+. The minimum atomic E-state index is -0.116. The number of fused-ring (bicyclic) bond motifs is 1. The lowest BCUT2D eigenvalue weighted by molar-refractivity contribution is -0.115. The van der Waals surface area contributed by atoms with E-state index in [1.807, 2.05) is 31.2 Å². The van der Waals surface area contributed by atoms with Gasteiger partial charge in [0.25, 0.3) is 5.91 Å². The van der Waals surface area contributed by atoms with Gasteiger partial charge in [-0.15, -0.1) is 0 Å². The van der Waals surface area contributed by atoms with E-state index in [0.29, 0.717) is 21.0 Å². The van der Waals surface area contributed by atoms with Gasteiger partial charge < -0.3 is 10.2 Å². The van der Waals surface area contributed by atoms with Crippen molar-refractivity contribution >= 4 is 51.9 Å². The van der Waals surface area contributed by atoms with Gasteiger partial charge in [0.05, 0.1) is 10.6 Å². The highest BCUT2D eigenvalue weighted by Crippen LogP contribution is 2.44. The molecule has 1 atom stereocenters. The molecule has 2 aliphatic rings. The second-order valence-corrected chi connectivity index (χ2v) is 10.7. The van der Waals surface area contributed by atoms with Crippen molar-refractivity contribution in [1.82, 2.24) is 5.32 Å². The molecular formula is C26H30ClN3OS. The number of nitrogens with zero attached hydrogens (tertiary/aromatic N) is 2. The minimum Gasteiger partial charge on any atom is -0.366 e. The molecular weight excluding hydrogens is 438 g/mol. The van der Waals surface area contributed by atoms with Crippen molar-refractivity contribution in [2.75, 3.05) is 11.4 Å². The molecule has 2 aromatic rings. The molecule has 0 aromatic heterocycles. The number of carbonyl (C=O) groups is 1. The molecule has 0 aliphatic carbocycles. The number of benzene rings is 2. The van der Waals surface area contributed by atoms with Crippen molar-refractivity contribution < 1.29 is 4.79 Å². The van der Waals surface area contributed by atoms with Gasteiger partial charge in [0, 0.05) is 22.8 Å². The van der Waals surface area contributed by atoms with Gasteiger partial charge in [-0.05, 0) is 111 Å². The normalized spacial score (nSPS) is 22.4. The van der Waals surface area contributed by atoms with Gasteiger partial charge in [0.2, 0.25) is 0 Å². The van der Waals surface area contributed by atoms with Crippen molar-refractivity contribution in [3.8, 4) is 0 Å². The molecule has 1 N–H and O–H groups in total. The predicted octanol–water partition coefficient (Wildman–Crippen LogP) is 6.96. The third-order valence-corrected chi connectivity index (χ3v) is 7.81. The minimum absolute atomic E-state index is 0.116. The smallest absolute Gasteiger partial charge is 0.264 e. The van der Waals surface area contributed by atoms with Crippen molar-refractivity contribution in [2.24, 2.45) is 4.99 Å². The molecule has 0 saturated carbocycles. The zero-order valence-electron chi connectivity index (χ0n) is 19.5. The quantitative estimate of drug-likeness (QED) is 0.496. The van der Waals surface area contributed by atoms with Crippen molar-refractivity contribution in [2.45, 2.75) is 59.4 Å². The van der Waals surface area contributed by atoms with Crippen molar-refractivity contribution in [1.29, 1.82) is 0 Å². The van der Waals surface area contributed by atoms with Crippen LogP contribution in [-0.4, -0.2) is 23.2 Å². The zero-order chi connectivity index (χ0) is 23.2. The average molecular weight is 468 g/mol. The first kappa shape index (κ1) is 22.9. The SMILES string of the molecule is CCN1c2cc(C)c(/C=C3/SC(=Nc4cccc(Cl)c4C)NC3=O)cc2C(C)CC1(C)C. The monoisotopic (exact) mass is 467 g/mol.